The zero-order valence-electron chi connectivity index (χ0n) is 24.3. The number of aliphatic hydroxyl groups is 1. The minimum atomic E-state index is -1.83. The molecule has 234 valence electrons. The Kier molecular flexibility index (Phi) is 14.5. The number of nitrogens with zero attached hydrogens (tertiary/aromatic N) is 2. The summed E-state index contributed by atoms with van der Waals surface area (Å²) in [5.74, 6) is 0.338. The third kappa shape index (κ3) is 11.2. The Hall–Kier alpha value is -3.08. The molecule has 1 fully saturated rings. The maximum atomic E-state index is 13.2. The molecule has 4 N–H and O–H groups in total. The van der Waals surface area contributed by atoms with Gasteiger partial charge in [0.2, 0.25) is 0 Å². The number of amides is 1. The normalized spacial score (nSPS) is 16.0. The molecule has 1 saturated carbocycles. The zero-order valence-corrected chi connectivity index (χ0v) is 26.7. The summed E-state index contributed by atoms with van der Waals surface area (Å²) in [4.78, 5) is 28.7. The fourth-order valence-corrected chi connectivity index (χ4v) is 5.06. The Morgan fingerprint density at radius 3 is 2.28 bits per heavy atom. The lowest BCUT2D eigenvalue weighted by atomic mass is 9.93. The highest BCUT2D eigenvalue weighted by molar-refractivity contribution is 6.33. The van der Waals surface area contributed by atoms with Crippen LogP contribution in [0, 0.1) is 6.92 Å². The number of aryl methyl sites for hydroxylation is 1. The lowest BCUT2D eigenvalue weighted by molar-refractivity contribution is 0.0863. The number of carbonyl (C=O) groups excluding carboxylic acids is 1. The molecule has 0 unspecified atom stereocenters. The van der Waals surface area contributed by atoms with Crippen molar-refractivity contribution in [1.82, 2.24) is 15.2 Å². The molecule has 0 bridgehead atoms. The molecule has 0 atom stereocenters. The third-order valence-electron chi connectivity index (χ3n) is 6.78. The second-order valence-corrected chi connectivity index (χ2v) is 11.3. The number of ether oxygens (including phenoxy) is 1. The molecule has 0 spiro atoms. The van der Waals surface area contributed by atoms with Gasteiger partial charge in [0.25, 0.3) is 5.91 Å². The number of benzene rings is 2. The monoisotopic (exact) mass is 653 g/mol. The van der Waals surface area contributed by atoms with Gasteiger partial charge < -0.3 is 30.3 Å². The predicted molar refractivity (Wildman–Crippen MR) is 172 cm³/mol. The number of pyridine rings is 1. The number of carboxylic acid groups (broad SMARTS) is 2. The van der Waals surface area contributed by atoms with E-state index in [2.05, 4.69) is 10.2 Å². The van der Waals surface area contributed by atoms with Crippen LogP contribution in [-0.2, 0) is 0 Å². The average Bonchev–Trinajstić information content (AvgIpc) is 2.94. The van der Waals surface area contributed by atoms with E-state index in [0.29, 0.717) is 46.6 Å². The van der Waals surface area contributed by atoms with Crippen molar-refractivity contribution in [2.75, 3.05) is 27.2 Å². The molecule has 1 aliphatic rings. The van der Waals surface area contributed by atoms with E-state index < -0.39 is 6.16 Å². The molecule has 43 heavy (non-hydrogen) atoms. The van der Waals surface area contributed by atoms with Gasteiger partial charge in [-0.1, -0.05) is 40.9 Å². The van der Waals surface area contributed by atoms with Crippen LogP contribution in [0.15, 0.2) is 48.5 Å². The Morgan fingerprint density at radius 2 is 1.63 bits per heavy atom. The summed E-state index contributed by atoms with van der Waals surface area (Å²) >= 11 is 13.1. The first kappa shape index (κ1) is 36.1. The van der Waals surface area contributed by atoms with Gasteiger partial charge in [-0.05, 0) is 89.5 Å². The van der Waals surface area contributed by atoms with Gasteiger partial charge in [0.1, 0.15) is 11.4 Å². The quantitative estimate of drug-likeness (QED) is 0.181. The maximum Gasteiger partial charge on any atom is 0.503 e. The summed E-state index contributed by atoms with van der Waals surface area (Å²) in [7, 11) is 4.05. The van der Waals surface area contributed by atoms with E-state index in [0.717, 1.165) is 48.1 Å². The van der Waals surface area contributed by atoms with E-state index in [-0.39, 0.29) is 30.5 Å². The summed E-state index contributed by atoms with van der Waals surface area (Å²) in [6, 6.07) is 15.1. The van der Waals surface area contributed by atoms with E-state index in [9.17, 15) is 9.90 Å². The first-order valence-electron chi connectivity index (χ1n) is 13.7. The van der Waals surface area contributed by atoms with Crippen LogP contribution in [0.5, 0.6) is 5.75 Å². The first-order valence-corrected chi connectivity index (χ1v) is 14.5. The van der Waals surface area contributed by atoms with E-state index in [1.807, 2.05) is 57.4 Å². The van der Waals surface area contributed by atoms with Gasteiger partial charge in [0.05, 0.1) is 23.4 Å². The molecular formula is C31H38Cl3N3O6. The van der Waals surface area contributed by atoms with Crippen molar-refractivity contribution >= 4 is 47.7 Å². The summed E-state index contributed by atoms with van der Waals surface area (Å²) < 4.78 is 6.01. The van der Waals surface area contributed by atoms with E-state index in [4.69, 9.17) is 47.9 Å². The van der Waals surface area contributed by atoms with Gasteiger partial charge in [-0.25, -0.2) is 9.78 Å². The van der Waals surface area contributed by atoms with Crippen LogP contribution >= 0.6 is 35.6 Å². The van der Waals surface area contributed by atoms with Crippen molar-refractivity contribution in [2.45, 2.75) is 51.2 Å². The topological polar surface area (TPSA) is 132 Å². The molecule has 1 aliphatic carbocycles. The van der Waals surface area contributed by atoms with Crippen molar-refractivity contribution in [3.63, 3.8) is 0 Å². The van der Waals surface area contributed by atoms with Crippen LogP contribution in [0.3, 0.4) is 0 Å². The van der Waals surface area contributed by atoms with E-state index in [1.54, 1.807) is 12.1 Å². The van der Waals surface area contributed by atoms with Crippen LogP contribution in [0.25, 0.3) is 22.4 Å². The Labute approximate surface area is 268 Å². The lowest BCUT2D eigenvalue weighted by Crippen LogP contribution is -2.38. The van der Waals surface area contributed by atoms with Crippen LogP contribution in [0.4, 0.5) is 4.79 Å². The first-order chi connectivity index (χ1) is 19.9. The molecule has 1 aromatic heterocycles. The summed E-state index contributed by atoms with van der Waals surface area (Å²) in [5, 5.41) is 28.0. The van der Waals surface area contributed by atoms with Gasteiger partial charge >= 0.3 is 6.16 Å². The smallest absolute Gasteiger partial charge is 0.492 e. The second kappa shape index (κ2) is 17.3. The van der Waals surface area contributed by atoms with E-state index >= 15 is 0 Å². The number of aromatic nitrogens is 1. The Bertz CT molecular complexity index is 1380. The van der Waals surface area contributed by atoms with E-state index in [1.165, 1.54) is 0 Å². The molecule has 0 saturated heterocycles. The molecule has 0 aliphatic heterocycles. The van der Waals surface area contributed by atoms with Crippen LogP contribution in [0.2, 0.25) is 10.0 Å². The number of aliphatic hydroxyl groups excluding tert-OH is 1. The van der Waals surface area contributed by atoms with Gasteiger partial charge in [-0.3, -0.25) is 4.79 Å². The molecule has 3 aromatic rings. The highest BCUT2D eigenvalue weighted by Crippen LogP contribution is 2.38. The number of halogens is 3. The fraction of sp³-hybridized carbons (Fsp3) is 0.387. The molecular weight excluding hydrogens is 617 g/mol. The van der Waals surface area contributed by atoms with Crippen LogP contribution in [0.1, 0.15) is 48.2 Å². The molecule has 2 aromatic carbocycles. The maximum absolute atomic E-state index is 13.2. The van der Waals surface area contributed by atoms with Gasteiger partial charge in [-0.15, -0.1) is 12.4 Å². The predicted octanol–water partition coefficient (Wildman–Crippen LogP) is 7.04. The fourth-order valence-electron chi connectivity index (χ4n) is 4.67. The summed E-state index contributed by atoms with van der Waals surface area (Å²) in [6.07, 6.45) is 1.64. The largest absolute Gasteiger partial charge is 0.503 e. The lowest BCUT2D eigenvalue weighted by Gasteiger charge is -2.26. The molecule has 4 rings (SSSR count). The zero-order chi connectivity index (χ0) is 30.8. The summed E-state index contributed by atoms with van der Waals surface area (Å²) in [6.45, 7) is 3.45. The number of hydrogen-bond donors (Lipinski definition) is 4. The molecule has 1 amide bonds. The standard InChI is InChI=1S/C30H35Cl2N3O3.CH2O3.ClH/c1-19-5-12-25(31)24(17-19)23-11-14-27(30(37)33-21-7-9-22(36)10-8-21)34-29(23)20-6-13-26(32)28(18-20)38-16-4-15-35(2)3;2-1(3)4;/h5-6,11-14,17-18,21-22,36H,4,7-10,15-16H2,1-3H3,(H,33,37);(H2,2,3,4);1H. The number of nitrogens with one attached hydrogen (secondary N) is 1. The van der Waals surface area contributed by atoms with Gasteiger partial charge in [-0.2, -0.15) is 0 Å². The minimum absolute atomic E-state index is 0. The Balaban J connectivity index is 0.00000121. The van der Waals surface area contributed by atoms with Crippen LogP contribution in [-0.4, -0.2) is 76.7 Å². The Morgan fingerprint density at radius 1 is 0.977 bits per heavy atom. The van der Waals surface area contributed by atoms with Crippen LogP contribution < -0.4 is 10.1 Å². The summed E-state index contributed by atoms with van der Waals surface area (Å²) in [5.41, 5.74) is 4.45. The third-order valence-corrected chi connectivity index (χ3v) is 7.43. The number of hydrogen-bond acceptors (Lipinski definition) is 6. The highest BCUT2D eigenvalue weighted by Gasteiger charge is 2.23. The van der Waals surface area contributed by atoms with Crippen molar-refractivity contribution < 1.29 is 29.6 Å². The number of rotatable bonds is 9. The number of carbonyl (C=O) groups is 2. The highest BCUT2D eigenvalue weighted by atomic mass is 35.5. The molecule has 9 nitrogen and oxygen atoms in total. The molecule has 0 radical (unpaired) electrons. The minimum Gasteiger partial charge on any atom is -0.492 e. The SMILES string of the molecule is Cc1ccc(Cl)c(-c2ccc(C(=O)NC3CCC(O)CC3)nc2-c2ccc(Cl)c(OCCCN(C)C)c2)c1.Cl.O=C(O)O. The van der Waals surface area contributed by atoms with Crippen molar-refractivity contribution in [3.8, 4) is 28.1 Å². The van der Waals surface area contributed by atoms with Crippen molar-refractivity contribution in [2.24, 2.45) is 0 Å². The molecule has 12 heteroatoms. The molecule has 1 heterocycles. The second-order valence-electron chi connectivity index (χ2n) is 10.5. The van der Waals surface area contributed by atoms with Crippen molar-refractivity contribution in [3.05, 3.63) is 69.8 Å². The van der Waals surface area contributed by atoms with Gasteiger partial charge in [0.15, 0.2) is 0 Å². The average molecular weight is 655 g/mol. The van der Waals surface area contributed by atoms with Gasteiger partial charge in [0, 0.05) is 34.3 Å². The van der Waals surface area contributed by atoms with Crippen molar-refractivity contribution in [1.29, 1.82) is 0 Å².